The average Bonchev–Trinajstić information content (AvgIpc) is 3.17. The van der Waals surface area contributed by atoms with Gasteiger partial charge in [-0.3, -0.25) is 4.57 Å². The molecule has 0 bridgehead atoms. The Kier molecular flexibility index (Phi) is 3.06. The molecule has 3 nitrogen and oxygen atoms in total. The second kappa shape index (κ2) is 5.41. The molecule has 4 aromatic rings. The molecule has 3 heteroatoms. The van der Waals surface area contributed by atoms with E-state index in [9.17, 15) is 0 Å². The maximum atomic E-state index is 4.56. The van der Waals surface area contributed by atoms with E-state index in [1.807, 2.05) is 12.3 Å². The van der Waals surface area contributed by atoms with Crippen LogP contribution in [0.1, 0.15) is 37.8 Å². The number of benzene rings is 2. The van der Waals surface area contributed by atoms with E-state index in [-0.39, 0.29) is 5.41 Å². The third-order valence-electron chi connectivity index (χ3n) is 6.40. The highest BCUT2D eigenvalue weighted by Gasteiger charge is 2.35. The largest absolute Gasteiger partial charge is 0.294 e. The summed E-state index contributed by atoms with van der Waals surface area (Å²) in [5.74, 6) is 0.929. The van der Waals surface area contributed by atoms with Crippen molar-refractivity contribution in [1.82, 2.24) is 14.5 Å². The molecule has 2 aliphatic carbocycles. The maximum absolute atomic E-state index is 4.56. The van der Waals surface area contributed by atoms with Crippen molar-refractivity contribution in [2.75, 3.05) is 0 Å². The first-order chi connectivity index (χ1) is 13.7. The molecule has 0 saturated heterocycles. The van der Waals surface area contributed by atoms with Crippen LogP contribution in [0.15, 0.2) is 55.0 Å². The van der Waals surface area contributed by atoms with E-state index in [0.717, 1.165) is 18.7 Å². The van der Waals surface area contributed by atoms with Crippen molar-refractivity contribution < 1.29 is 0 Å². The van der Waals surface area contributed by atoms with Crippen LogP contribution in [0.3, 0.4) is 0 Å². The molecule has 136 valence electrons. The van der Waals surface area contributed by atoms with Gasteiger partial charge in [-0.2, -0.15) is 0 Å². The lowest BCUT2D eigenvalue weighted by molar-refractivity contribution is 0.661. The summed E-state index contributed by atoms with van der Waals surface area (Å²) >= 11 is 0. The van der Waals surface area contributed by atoms with E-state index in [4.69, 9.17) is 0 Å². The highest BCUT2D eigenvalue weighted by atomic mass is 15.1. The number of aromatic nitrogens is 3. The minimum atomic E-state index is 0.0163. The van der Waals surface area contributed by atoms with Gasteiger partial charge >= 0.3 is 0 Å². The zero-order chi connectivity index (χ0) is 18.9. The summed E-state index contributed by atoms with van der Waals surface area (Å²) in [6.07, 6.45) is 10.3. The lowest BCUT2D eigenvalue weighted by atomic mass is 9.82. The molecule has 0 fully saturated rings. The predicted molar refractivity (Wildman–Crippen MR) is 114 cm³/mol. The summed E-state index contributed by atoms with van der Waals surface area (Å²) in [5, 5.41) is 3.92. The molecule has 0 amide bonds. The Morgan fingerprint density at radius 3 is 2.64 bits per heavy atom. The van der Waals surface area contributed by atoms with Gasteiger partial charge in [0.05, 0.1) is 10.9 Å². The summed E-state index contributed by atoms with van der Waals surface area (Å²) in [7, 11) is 0. The topological polar surface area (TPSA) is 30.7 Å². The van der Waals surface area contributed by atoms with Gasteiger partial charge in [-0.25, -0.2) is 9.97 Å². The minimum absolute atomic E-state index is 0.0163. The van der Waals surface area contributed by atoms with Gasteiger partial charge in [0.25, 0.3) is 0 Å². The Bertz CT molecular complexity index is 1380. The van der Waals surface area contributed by atoms with E-state index >= 15 is 0 Å². The molecule has 2 heterocycles. The summed E-state index contributed by atoms with van der Waals surface area (Å²) < 4.78 is 2.30. The summed E-state index contributed by atoms with van der Waals surface area (Å²) in [6.45, 7) is 4.68. The van der Waals surface area contributed by atoms with E-state index < -0.39 is 0 Å². The number of rotatable bonds is 1. The van der Waals surface area contributed by atoms with Crippen LogP contribution < -0.4 is 10.6 Å². The predicted octanol–water partition coefficient (Wildman–Crippen LogP) is 4.08. The van der Waals surface area contributed by atoms with Crippen LogP contribution in [0, 0.1) is 0 Å². The fourth-order valence-electron chi connectivity index (χ4n) is 5.05. The average molecular weight is 363 g/mol. The smallest absolute Gasteiger partial charge is 0.140 e. The Balaban J connectivity index is 1.80. The Morgan fingerprint density at radius 1 is 0.929 bits per heavy atom. The van der Waals surface area contributed by atoms with Crippen LogP contribution in [0.25, 0.3) is 40.0 Å². The summed E-state index contributed by atoms with van der Waals surface area (Å²) in [5.41, 5.74) is 6.77. The second-order valence-corrected chi connectivity index (χ2v) is 8.27. The summed E-state index contributed by atoms with van der Waals surface area (Å²) in [4.78, 5) is 8.68. The first-order valence-electron chi connectivity index (χ1n) is 9.92. The fraction of sp³-hybridized carbons (Fsp3) is 0.200. The first kappa shape index (κ1) is 15.8. The first-order valence-corrected chi connectivity index (χ1v) is 9.92. The van der Waals surface area contributed by atoms with Crippen molar-refractivity contribution in [1.29, 1.82) is 0 Å². The molecule has 0 radical (unpaired) electrons. The number of fused-ring (bicyclic) bond motifs is 6. The van der Waals surface area contributed by atoms with Crippen molar-refractivity contribution in [3.05, 3.63) is 76.7 Å². The second-order valence-electron chi connectivity index (χ2n) is 8.27. The standard InChI is InChI=1S/C25H21N3/c1-25(2)20-9-5-3-7-16(20)18-14-23-19(13-21(18)25)17-8-4-6-10-22(17)28(23)24-11-12-26-15-27-24/h3,5,7-15H,4,6H2,1-2H3. The van der Waals surface area contributed by atoms with Gasteiger partial charge in [0.1, 0.15) is 12.1 Å². The SMILES string of the molecule is CC1(C)c2ccccc2-c2cc3c(cc21)c1c(n3-c2ccncn2)=CCCC=1. The van der Waals surface area contributed by atoms with E-state index in [1.165, 1.54) is 43.7 Å². The zero-order valence-electron chi connectivity index (χ0n) is 16.1. The molecule has 0 spiro atoms. The highest BCUT2D eigenvalue weighted by molar-refractivity contribution is 5.94. The molecule has 2 aliphatic rings. The van der Waals surface area contributed by atoms with Gasteiger partial charge in [0, 0.05) is 22.2 Å². The molecular weight excluding hydrogens is 342 g/mol. The third kappa shape index (κ3) is 1.94. The van der Waals surface area contributed by atoms with Gasteiger partial charge < -0.3 is 0 Å². The molecule has 0 saturated carbocycles. The molecular formula is C25H21N3. The molecule has 0 N–H and O–H groups in total. The van der Waals surface area contributed by atoms with Gasteiger partial charge in [-0.15, -0.1) is 0 Å². The van der Waals surface area contributed by atoms with Crippen molar-refractivity contribution in [3.63, 3.8) is 0 Å². The molecule has 28 heavy (non-hydrogen) atoms. The van der Waals surface area contributed by atoms with E-state index in [1.54, 1.807) is 6.33 Å². The quantitative estimate of drug-likeness (QED) is 0.510. The molecule has 0 atom stereocenters. The molecule has 2 aromatic heterocycles. The van der Waals surface area contributed by atoms with Crippen LogP contribution in [0.4, 0.5) is 0 Å². The van der Waals surface area contributed by atoms with Crippen LogP contribution >= 0.6 is 0 Å². The van der Waals surface area contributed by atoms with Crippen LogP contribution in [-0.4, -0.2) is 14.5 Å². The third-order valence-corrected chi connectivity index (χ3v) is 6.40. The van der Waals surface area contributed by atoms with Crippen LogP contribution in [0.5, 0.6) is 0 Å². The molecule has 6 rings (SSSR count). The Hall–Kier alpha value is -3.20. The highest BCUT2D eigenvalue weighted by Crippen LogP contribution is 2.49. The minimum Gasteiger partial charge on any atom is -0.294 e. The molecule has 0 aliphatic heterocycles. The molecule has 2 aromatic carbocycles. The van der Waals surface area contributed by atoms with Gasteiger partial charge in [0.2, 0.25) is 0 Å². The van der Waals surface area contributed by atoms with Crippen molar-refractivity contribution >= 4 is 23.1 Å². The number of nitrogens with zero attached hydrogens (tertiary/aromatic N) is 3. The lowest BCUT2D eigenvalue weighted by Crippen LogP contribution is -2.30. The van der Waals surface area contributed by atoms with Crippen LogP contribution in [-0.2, 0) is 5.41 Å². The fourth-order valence-corrected chi connectivity index (χ4v) is 5.05. The van der Waals surface area contributed by atoms with Gasteiger partial charge in [0.15, 0.2) is 0 Å². The van der Waals surface area contributed by atoms with Gasteiger partial charge in [-0.1, -0.05) is 50.3 Å². The van der Waals surface area contributed by atoms with E-state index in [0.29, 0.717) is 0 Å². The maximum Gasteiger partial charge on any atom is 0.140 e. The normalized spacial score (nSPS) is 16.1. The summed E-state index contributed by atoms with van der Waals surface area (Å²) in [6, 6.07) is 15.6. The van der Waals surface area contributed by atoms with Crippen molar-refractivity contribution in [2.45, 2.75) is 32.1 Å². The van der Waals surface area contributed by atoms with Crippen LogP contribution in [0.2, 0.25) is 0 Å². The van der Waals surface area contributed by atoms with Crippen molar-refractivity contribution in [3.8, 4) is 16.9 Å². The Labute approximate surface area is 163 Å². The molecule has 0 unspecified atom stereocenters. The lowest BCUT2D eigenvalue weighted by Gasteiger charge is -2.21. The van der Waals surface area contributed by atoms with Crippen molar-refractivity contribution in [2.24, 2.45) is 0 Å². The monoisotopic (exact) mass is 363 g/mol. The zero-order valence-corrected chi connectivity index (χ0v) is 16.1. The Morgan fingerprint density at radius 2 is 1.79 bits per heavy atom. The van der Waals surface area contributed by atoms with Gasteiger partial charge in [-0.05, 0) is 53.3 Å². The van der Waals surface area contributed by atoms with E-state index in [2.05, 4.69) is 76.9 Å². The number of hydrogen-bond donors (Lipinski definition) is 0. The number of hydrogen-bond acceptors (Lipinski definition) is 2.